The summed E-state index contributed by atoms with van der Waals surface area (Å²) in [4.78, 5) is 3.50. The highest BCUT2D eigenvalue weighted by molar-refractivity contribution is 8.11. The van der Waals surface area contributed by atoms with E-state index in [0.29, 0.717) is 0 Å². The molecule has 0 aromatic carbocycles. The van der Waals surface area contributed by atoms with Crippen LogP contribution in [0.2, 0.25) is 0 Å². The van der Waals surface area contributed by atoms with Gasteiger partial charge in [-0.2, -0.15) is 0 Å². The lowest BCUT2D eigenvalue weighted by Gasteiger charge is -2.06. The molecule has 0 amide bonds. The predicted molar refractivity (Wildman–Crippen MR) is 57.5 cm³/mol. The zero-order valence-electron chi connectivity index (χ0n) is 8.34. The summed E-state index contributed by atoms with van der Waals surface area (Å²) < 4.78 is 45.6. The van der Waals surface area contributed by atoms with Crippen molar-refractivity contribution in [3.05, 3.63) is 11.2 Å². The Bertz CT molecular complexity index is 525. The second kappa shape index (κ2) is 3.60. The molecule has 0 aromatic heterocycles. The molecule has 86 valence electrons. The first kappa shape index (κ1) is 12.2. The van der Waals surface area contributed by atoms with Crippen molar-refractivity contribution in [1.29, 1.82) is 0 Å². The number of rotatable bonds is 3. The van der Waals surface area contributed by atoms with Crippen LogP contribution < -0.4 is 5.73 Å². The number of aliphatic imine (C=N–C) groups is 1. The van der Waals surface area contributed by atoms with Gasteiger partial charge >= 0.3 is 0 Å². The highest BCUT2D eigenvalue weighted by Gasteiger charge is 2.30. The highest BCUT2D eigenvalue weighted by atomic mass is 32.2. The zero-order valence-corrected chi connectivity index (χ0v) is 9.97. The van der Waals surface area contributed by atoms with Crippen molar-refractivity contribution >= 4 is 24.7 Å². The first-order valence-electron chi connectivity index (χ1n) is 4.16. The number of nitrogens with two attached hydrogens (primary N) is 1. The van der Waals surface area contributed by atoms with Crippen LogP contribution in [0.3, 0.4) is 0 Å². The van der Waals surface area contributed by atoms with Crippen molar-refractivity contribution in [1.82, 2.24) is 0 Å². The Morgan fingerprint density at radius 3 is 2.33 bits per heavy atom. The minimum Gasteiger partial charge on any atom is -0.383 e. The third kappa shape index (κ3) is 2.57. The second-order valence-corrected chi connectivity index (χ2v) is 7.80. The van der Waals surface area contributed by atoms with Crippen molar-refractivity contribution in [2.45, 2.75) is 19.1 Å². The van der Waals surface area contributed by atoms with E-state index in [0.717, 1.165) is 5.41 Å². The molecule has 0 bridgehead atoms. The Kier molecular flexibility index (Phi) is 2.92. The molecule has 0 radical (unpaired) electrons. The van der Waals surface area contributed by atoms with Crippen LogP contribution in [-0.2, 0) is 19.7 Å². The average Bonchev–Trinajstić information content (AvgIpc) is 2.23. The Hall–Kier alpha value is -0.890. The van der Waals surface area contributed by atoms with E-state index in [-0.39, 0.29) is 5.82 Å². The van der Waals surface area contributed by atoms with Crippen LogP contribution >= 0.6 is 0 Å². The van der Waals surface area contributed by atoms with Crippen molar-refractivity contribution in [2.75, 3.05) is 5.75 Å². The van der Waals surface area contributed by atoms with Crippen LogP contribution in [0.15, 0.2) is 16.2 Å². The molecule has 0 spiro atoms. The molecule has 0 unspecified atom stereocenters. The monoisotopic (exact) mass is 252 g/mol. The van der Waals surface area contributed by atoms with Crippen molar-refractivity contribution in [3.63, 3.8) is 0 Å². The molecule has 8 heteroatoms. The Labute approximate surface area is 88.7 Å². The molecule has 1 aliphatic rings. The number of nitrogens with zero attached hydrogens (tertiary/aromatic N) is 1. The molecule has 1 aliphatic heterocycles. The molecule has 0 saturated carbocycles. The van der Waals surface area contributed by atoms with Crippen LogP contribution in [-0.4, -0.2) is 32.9 Å². The third-order valence-corrected chi connectivity index (χ3v) is 5.64. The summed E-state index contributed by atoms with van der Waals surface area (Å²) in [5.74, 6) is -0.770. The van der Waals surface area contributed by atoms with Gasteiger partial charge in [0.2, 0.25) is 9.84 Å². The lowest BCUT2D eigenvalue weighted by atomic mass is 10.6. The quantitative estimate of drug-likeness (QED) is 0.721. The Balaban J connectivity index is 3.03. The van der Waals surface area contributed by atoms with Gasteiger partial charge < -0.3 is 5.73 Å². The van der Waals surface area contributed by atoms with Crippen molar-refractivity contribution in [3.8, 4) is 0 Å². The normalized spacial score (nSPS) is 20.2. The van der Waals surface area contributed by atoms with E-state index in [9.17, 15) is 16.8 Å². The minimum atomic E-state index is -3.72. The second-order valence-electron chi connectivity index (χ2n) is 3.45. The van der Waals surface area contributed by atoms with Crippen LogP contribution in [0.5, 0.6) is 0 Å². The summed E-state index contributed by atoms with van der Waals surface area (Å²) in [5, 5.41) is -0.274. The highest BCUT2D eigenvalue weighted by Crippen LogP contribution is 2.14. The summed E-state index contributed by atoms with van der Waals surface area (Å²) >= 11 is 0. The van der Waals surface area contributed by atoms with Crippen LogP contribution in [0.25, 0.3) is 0 Å². The summed E-state index contributed by atoms with van der Waals surface area (Å²) in [6, 6.07) is 0. The van der Waals surface area contributed by atoms with E-state index in [1.54, 1.807) is 0 Å². The van der Waals surface area contributed by atoms with Gasteiger partial charge in [-0.3, -0.25) is 0 Å². The molecule has 0 aliphatic carbocycles. The van der Waals surface area contributed by atoms with E-state index < -0.39 is 35.7 Å². The SMILES string of the molecule is CC(C)S(=O)(=O)CC1=NC(N)=CS1(=O)=O. The van der Waals surface area contributed by atoms with E-state index in [2.05, 4.69) is 4.99 Å². The van der Waals surface area contributed by atoms with Crippen molar-refractivity contribution in [2.24, 2.45) is 10.7 Å². The summed E-state index contributed by atoms with van der Waals surface area (Å²) in [7, 11) is -7.19. The fourth-order valence-corrected chi connectivity index (χ4v) is 3.55. The molecule has 1 heterocycles. The Morgan fingerprint density at radius 1 is 1.47 bits per heavy atom. The van der Waals surface area contributed by atoms with E-state index >= 15 is 0 Å². The summed E-state index contributed by atoms with van der Waals surface area (Å²) in [5.41, 5.74) is 5.20. The smallest absolute Gasteiger partial charge is 0.217 e. The fraction of sp³-hybridized carbons (Fsp3) is 0.571. The van der Waals surface area contributed by atoms with E-state index in [1.807, 2.05) is 0 Å². The van der Waals surface area contributed by atoms with Gasteiger partial charge in [-0.05, 0) is 13.8 Å². The standard InChI is InChI=1S/C7H12N2O4S2/c1-5(2)14(10,11)4-7-9-6(8)3-15(7,12)13/h3,5H,4,8H2,1-2H3. The van der Waals surface area contributed by atoms with Crippen LogP contribution in [0, 0.1) is 0 Å². The molecule has 0 atom stereocenters. The largest absolute Gasteiger partial charge is 0.383 e. The van der Waals surface area contributed by atoms with E-state index in [4.69, 9.17) is 5.73 Å². The molecule has 1 rings (SSSR count). The topological polar surface area (TPSA) is 107 Å². The fourth-order valence-electron chi connectivity index (χ4n) is 0.914. The van der Waals surface area contributed by atoms with Gasteiger partial charge in [0.1, 0.15) is 11.6 Å². The third-order valence-electron chi connectivity index (χ3n) is 1.90. The molecule has 0 aromatic rings. The first-order valence-corrected chi connectivity index (χ1v) is 7.43. The average molecular weight is 252 g/mol. The van der Waals surface area contributed by atoms with Gasteiger partial charge in [-0.15, -0.1) is 0 Å². The molecule has 0 saturated heterocycles. The molecule has 6 nitrogen and oxygen atoms in total. The summed E-state index contributed by atoms with van der Waals surface area (Å²) in [6.45, 7) is 2.96. The maximum atomic E-state index is 11.5. The molecule has 2 N–H and O–H groups in total. The molecular formula is C7H12N2O4S2. The van der Waals surface area contributed by atoms with Crippen LogP contribution in [0.1, 0.15) is 13.8 Å². The maximum Gasteiger partial charge on any atom is 0.217 e. The predicted octanol–water partition coefficient (Wildman–Crippen LogP) is -0.606. The van der Waals surface area contributed by atoms with E-state index in [1.165, 1.54) is 13.8 Å². The molecular weight excluding hydrogens is 240 g/mol. The minimum absolute atomic E-state index is 0.177. The maximum absolute atomic E-state index is 11.5. The van der Waals surface area contributed by atoms with Crippen LogP contribution in [0.4, 0.5) is 0 Å². The van der Waals surface area contributed by atoms with Gasteiger partial charge in [0, 0.05) is 0 Å². The summed E-state index contributed by atoms with van der Waals surface area (Å²) in [6.07, 6.45) is 0. The van der Waals surface area contributed by atoms with Gasteiger partial charge in [0.05, 0.1) is 10.7 Å². The number of hydrogen-bond acceptors (Lipinski definition) is 6. The first-order chi connectivity index (χ1) is 6.65. The zero-order chi connectivity index (χ0) is 11.9. The molecule has 15 heavy (non-hydrogen) atoms. The van der Waals surface area contributed by atoms with Gasteiger partial charge in [0.25, 0.3) is 0 Å². The number of sulfone groups is 2. The van der Waals surface area contributed by atoms with Gasteiger partial charge in [0.15, 0.2) is 14.9 Å². The van der Waals surface area contributed by atoms with Gasteiger partial charge in [-0.25, -0.2) is 21.8 Å². The van der Waals surface area contributed by atoms with Gasteiger partial charge in [-0.1, -0.05) is 0 Å². The lowest BCUT2D eigenvalue weighted by molar-refractivity contribution is 0.590. The van der Waals surface area contributed by atoms with Crippen molar-refractivity contribution < 1.29 is 16.8 Å². The number of hydrogen-bond donors (Lipinski definition) is 1. The lowest BCUT2D eigenvalue weighted by Crippen LogP contribution is -2.26. The molecule has 0 fully saturated rings. The Morgan fingerprint density at radius 2 is 2.00 bits per heavy atom.